The Morgan fingerprint density at radius 3 is 2.89 bits per heavy atom. The molecule has 2 heterocycles. The standard InChI is InChI=1S/C12H21N3O3/c1-12(2,16)8-15-11(9-4-5-18-6-9)13-10(14-15)7-17-3/h9,16H,4-8H2,1-3H3/t9-/m1/s1. The first-order valence-corrected chi connectivity index (χ1v) is 6.22. The van der Waals surface area contributed by atoms with Crippen LogP contribution in [0.25, 0.3) is 0 Å². The highest BCUT2D eigenvalue weighted by Crippen LogP contribution is 2.24. The van der Waals surface area contributed by atoms with Crippen LogP contribution in [0.15, 0.2) is 0 Å². The molecule has 2 rings (SSSR count). The van der Waals surface area contributed by atoms with Crippen molar-refractivity contribution < 1.29 is 14.6 Å². The van der Waals surface area contributed by atoms with Crippen LogP contribution in [0, 0.1) is 0 Å². The van der Waals surface area contributed by atoms with Gasteiger partial charge in [0.1, 0.15) is 12.4 Å². The van der Waals surface area contributed by atoms with Crippen molar-refractivity contribution >= 4 is 0 Å². The van der Waals surface area contributed by atoms with E-state index in [0.717, 1.165) is 18.9 Å². The predicted molar refractivity (Wildman–Crippen MR) is 65.2 cm³/mol. The van der Waals surface area contributed by atoms with Gasteiger partial charge in [0, 0.05) is 19.6 Å². The van der Waals surface area contributed by atoms with Crippen molar-refractivity contribution in [3.05, 3.63) is 11.6 Å². The normalized spacial score (nSPS) is 20.6. The molecule has 0 spiro atoms. The Balaban J connectivity index is 2.23. The topological polar surface area (TPSA) is 69.4 Å². The monoisotopic (exact) mass is 255 g/mol. The van der Waals surface area contributed by atoms with Gasteiger partial charge in [0.25, 0.3) is 0 Å². The molecule has 1 saturated heterocycles. The Bertz CT molecular complexity index is 392. The van der Waals surface area contributed by atoms with Crippen LogP contribution in [-0.2, 0) is 22.6 Å². The summed E-state index contributed by atoms with van der Waals surface area (Å²) in [6, 6.07) is 0. The molecule has 18 heavy (non-hydrogen) atoms. The average molecular weight is 255 g/mol. The summed E-state index contributed by atoms with van der Waals surface area (Å²) in [6.45, 7) is 5.78. The summed E-state index contributed by atoms with van der Waals surface area (Å²) in [6.07, 6.45) is 0.955. The van der Waals surface area contributed by atoms with Gasteiger partial charge in [-0.1, -0.05) is 0 Å². The first-order valence-electron chi connectivity index (χ1n) is 6.22. The summed E-state index contributed by atoms with van der Waals surface area (Å²) >= 11 is 0. The Hall–Kier alpha value is -0.980. The van der Waals surface area contributed by atoms with E-state index in [1.807, 2.05) is 0 Å². The van der Waals surface area contributed by atoms with Gasteiger partial charge in [-0.05, 0) is 20.3 Å². The molecule has 0 bridgehead atoms. The van der Waals surface area contributed by atoms with Gasteiger partial charge >= 0.3 is 0 Å². The van der Waals surface area contributed by atoms with E-state index >= 15 is 0 Å². The zero-order chi connectivity index (χ0) is 13.2. The molecule has 1 fully saturated rings. The fraction of sp³-hybridized carbons (Fsp3) is 0.833. The molecule has 1 N–H and O–H groups in total. The lowest BCUT2D eigenvalue weighted by molar-refractivity contribution is 0.0557. The first-order chi connectivity index (χ1) is 8.49. The fourth-order valence-corrected chi connectivity index (χ4v) is 2.12. The Labute approximate surface area is 107 Å². The molecular formula is C12H21N3O3. The molecule has 0 saturated carbocycles. The van der Waals surface area contributed by atoms with Gasteiger partial charge in [-0.3, -0.25) is 0 Å². The molecule has 1 atom stereocenters. The lowest BCUT2D eigenvalue weighted by atomic mass is 10.1. The highest BCUT2D eigenvalue weighted by molar-refractivity contribution is 5.02. The van der Waals surface area contributed by atoms with Crippen LogP contribution < -0.4 is 0 Å². The van der Waals surface area contributed by atoms with Gasteiger partial charge < -0.3 is 14.6 Å². The van der Waals surface area contributed by atoms with E-state index in [4.69, 9.17) is 9.47 Å². The van der Waals surface area contributed by atoms with Crippen LogP contribution in [0.3, 0.4) is 0 Å². The molecular weight excluding hydrogens is 234 g/mol. The molecule has 0 aromatic carbocycles. The van der Waals surface area contributed by atoms with Gasteiger partial charge in [-0.2, -0.15) is 5.10 Å². The molecule has 6 heteroatoms. The van der Waals surface area contributed by atoms with Crippen LogP contribution in [0.5, 0.6) is 0 Å². The van der Waals surface area contributed by atoms with Gasteiger partial charge in [0.15, 0.2) is 5.82 Å². The lowest BCUT2D eigenvalue weighted by Gasteiger charge is -2.19. The molecule has 1 aliphatic heterocycles. The Morgan fingerprint density at radius 2 is 2.33 bits per heavy atom. The summed E-state index contributed by atoms with van der Waals surface area (Å²) in [5.74, 6) is 1.82. The molecule has 102 valence electrons. The van der Waals surface area contributed by atoms with Crippen molar-refractivity contribution in [1.29, 1.82) is 0 Å². The number of hydrogen-bond donors (Lipinski definition) is 1. The quantitative estimate of drug-likeness (QED) is 0.838. The third kappa shape index (κ3) is 3.28. The summed E-state index contributed by atoms with van der Waals surface area (Å²) in [7, 11) is 1.62. The van der Waals surface area contributed by atoms with E-state index in [-0.39, 0.29) is 5.92 Å². The third-order valence-corrected chi connectivity index (χ3v) is 2.85. The number of methoxy groups -OCH3 is 1. The van der Waals surface area contributed by atoms with E-state index in [1.54, 1.807) is 25.6 Å². The van der Waals surface area contributed by atoms with Crippen LogP contribution in [0.1, 0.15) is 37.8 Å². The number of hydrogen-bond acceptors (Lipinski definition) is 5. The van der Waals surface area contributed by atoms with E-state index in [2.05, 4.69) is 10.1 Å². The van der Waals surface area contributed by atoms with Crippen LogP contribution in [0.2, 0.25) is 0 Å². The van der Waals surface area contributed by atoms with Crippen molar-refractivity contribution in [2.24, 2.45) is 0 Å². The molecule has 1 aromatic heterocycles. The minimum Gasteiger partial charge on any atom is -0.389 e. The van der Waals surface area contributed by atoms with Crippen LogP contribution in [0.4, 0.5) is 0 Å². The fourth-order valence-electron chi connectivity index (χ4n) is 2.12. The maximum absolute atomic E-state index is 9.93. The molecule has 0 amide bonds. The van der Waals surface area contributed by atoms with Crippen molar-refractivity contribution in [1.82, 2.24) is 14.8 Å². The molecule has 0 aliphatic carbocycles. The maximum atomic E-state index is 9.93. The lowest BCUT2D eigenvalue weighted by Crippen LogP contribution is -2.28. The zero-order valence-electron chi connectivity index (χ0n) is 11.2. The van der Waals surface area contributed by atoms with E-state index in [9.17, 15) is 5.11 Å². The second-order valence-corrected chi connectivity index (χ2v) is 5.35. The van der Waals surface area contributed by atoms with Gasteiger partial charge in [0.05, 0.1) is 18.8 Å². The summed E-state index contributed by atoms with van der Waals surface area (Å²) in [4.78, 5) is 4.50. The summed E-state index contributed by atoms with van der Waals surface area (Å²) < 4.78 is 12.2. The van der Waals surface area contributed by atoms with Crippen molar-refractivity contribution in [3.8, 4) is 0 Å². The minimum atomic E-state index is -0.813. The maximum Gasteiger partial charge on any atom is 0.176 e. The zero-order valence-corrected chi connectivity index (χ0v) is 11.2. The van der Waals surface area contributed by atoms with Gasteiger partial charge in [0.2, 0.25) is 0 Å². The third-order valence-electron chi connectivity index (χ3n) is 2.85. The highest BCUT2D eigenvalue weighted by atomic mass is 16.5. The van der Waals surface area contributed by atoms with E-state index in [0.29, 0.717) is 25.6 Å². The van der Waals surface area contributed by atoms with Gasteiger partial charge in [-0.15, -0.1) is 0 Å². The average Bonchev–Trinajstić information content (AvgIpc) is 2.85. The van der Waals surface area contributed by atoms with E-state index in [1.165, 1.54) is 0 Å². The number of rotatable bonds is 5. The number of aromatic nitrogens is 3. The Kier molecular flexibility index (Phi) is 3.99. The smallest absolute Gasteiger partial charge is 0.176 e. The van der Waals surface area contributed by atoms with Crippen molar-refractivity contribution in [3.63, 3.8) is 0 Å². The molecule has 0 radical (unpaired) electrons. The molecule has 0 unspecified atom stereocenters. The van der Waals surface area contributed by atoms with Crippen molar-refractivity contribution in [2.45, 2.75) is 44.9 Å². The molecule has 6 nitrogen and oxygen atoms in total. The van der Waals surface area contributed by atoms with Crippen LogP contribution >= 0.6 is 0 Å². The first kappa shape index (κ1) is 13.5. The van der Waals surface area contributed by atoms with Crippen LogP contribution in [-0.4, -0.2) is 45.8 Å². The minimum absolute atomic E-state index is 0.269. The Morgan fingerprint density at radius 1 is 1.56 bits per heavy atom. The van der Waals surface area contributed by atoms with E-state index < -0.39 is 5.60 Å². The number of aliphatic hydroxyl groups is 1. The van der Waals surface area contributed by atoms with Gasteiger partial charge in [-0.25, -0.2) is 9.67 Å². The number of nitrogens with zero attached hydrogens (tertiary/aromatic N) is 3. The second kappa shape index (κ2) is 5.34. The second-order valence-electron chi connectivity index (χ2n) is 5.35. The highest BCUT2D eigenvalue weighted by Gasteiger charge is 2.26. The number of ether oxygens (including phenoxy) is 2. The molecule has 1 aromatic rings. The summed E-state index contributed by atoms with van der Waals surface area (Å²) in [5, 5.41) is 14.3. The molecule has 1 aliphatic rings. The predicted octanol–water partition coefficient (Wildman–Crippen LogP) is 0.699. The largest absolute Gasteiger partial charge is 0.389 e. The van der Waals surface area contributed by atoms with Crippen molar-refractivity contribution in [2.75, 3.05) is 20.3 Å². The SMILES string of the molecule is COCc1nc([C@@H]2CCOC2)n(CC(C)(C)O)n1. The summed E-state index contributed by atoms with van der Waals surface area (Å²) in [5.41, 5.74) is -0.813.